The van der Waals surface area contributed by atoms with E-state index in [-0.39, 0.29) is 13.1 Å². The van der Waals surface area contributed by atoms with E-state index in [1.807, 2.05) is 35.9 Å². The van der Waals surface area contributed by atoms with Crippen molar-refractivity contribution < 1.29 is 13.2 Å². The average Bonchev–Trinajstić information content (AvgIpc) is 2.77. The summed E-state index contributed by atoms with van der Waals surface area (Å²) >= 11 is 0. The van der Waals surface area contributed by atoms with E-state index in [2.05, 4.69) is 15.0 Å². The molecule has 2 aromatic heterocycles. The summed E-state index contributed by atoms with van der Waals surface area (Å²) in [6.07, 6.45) is 4.71. The van der Waals surface area contributed by atoms with Crippen LogP contribution in [-0.4, -0.2) is 36.5 Å². The van der Waals surface area contributed by atoms with Gasteiger partial charge in [0.2, 0.25) is 15.9 Å². The van der Waals surface area contributed by atoms with Gasteiger partial charge in [0.05, 0.1) is 25.0 Å². The van der Waals surface area contributed by atoms with Crippen LogP contribution in [-0.2, 0) is 21.4 Å². The fourth-order valence-corrected chi connectivity index (χ4v) is 2.13. The van der Waals surface area contributed by atoms with Gasteiger partial charge in [-0.1, -0.05) is 6.07 Å². The predicted molar refractivity (Wildman–Crippen MR) is 74.6 cm³/mol. The maximum atomic E-state index is 11.5. The molecule has 0 unspecified atom stereocenters. The molecule has 0 saturated heterocycles. The number of aryl methyl sites for hydroxylation is 1. The molecule has 0 aliphatic carbocycles. The van der Waals surface area contributed by atoms with Gasteiger partial charge in [0.1, 0.15) is 5.65 Å². The van der Waals surface area contributed by atoms with E-state index in [4.69, 9.17) is 0 Å². The van der Waals surface area contributed by atoms with Crippen molar-refractivity contribution in [2.45, 2.75) is 13.5 Å². The van der Waals surface area contributed by atoms with Gasteiger partial charge in [-0.05, 0) is 18.6 Å². The summed E-state index contributed by atoms with van der Waals surface area (Å²) in [5, 5.41) is 2.61. The summed E-state index contributed by atoms with van der Waals surface area (Å²) < 4.78 is 25.7. The highest BCUT2D eigenvalue weighted by Crippen LogP contribution is 2.09. The first-order valence-electron chi connectivity index (χ1n) is 6.00. The van der Waals surface area contributed by atoms with Gasteiger partial charge in [0, 0.05) is 12.4 Å². The van der Waals surface area contributed by atoms with Crippen molar-refractivity contribution in [3.05, 3.63) is 35.8 Å². The number of carbonyl (C=O) groups excluding carboxylic acids is 1. The zero-order valence-electron chi connectivity index (χ0n) is 11.3. The number of nitrogens with zero attached hydrogens (tertiary/aromatic N) is 2. The Hall–Kier alpha value is -1.93. The van der Waals surface area contributed by atoms with Crippen LogP contribution in [0, 0.1) is 6.92 Å². The molecule has 0 atom stereocenters. The number of imidazole rings is 1. The molecule has 8 heteroatoms. The van der Waals surface area contributed by atoms with Crippen LogP contribution >= 0.6 is 0 Å². The average molecular weight is 296 g/mol. The summed E-state index contributed by atoms with van der Waals surface area (Å²) in [7, 11) is -3.36. The van der Waals surface area contributed by atoms with Gasteiger partial charge in [0.25, 0.3) is 0 Å². The third-order valence-electron chi connectivity index (χ3n) is 2.69. The van der Waals surface area contributed by atoms with Gasteiger partial charge >= 0.3 is 0 Å². The molecule has 2 heterocycles. The molecular formula is C12H16N4O3S. The Morgan fingerprint density at radius 3 is 2.85 bits per heavy atom. The molecule has 0 aliphatic heterocycles. The van der Waals surface area contributed by atoms with Gasteiger partial charge in [0.15, 0.2) is 0 Å². The number of hydrogen-bond acceptors (Lipinski definition) is 4. The van der Waals surface area contributed by atoms with Gasteiger partial charge in [-0.25, -0.2) is 18.1 Å². The summed E-state index contributed by atoms with van der Waals surface area (Å²) in [6.45, 7) is 1.94. The molecule has 0 aliphatic rings. The molecule has 2 aromatic rings. The molecule has 2 rings (SSSR count). The monoisotopic (exact) mass is 296 g/mol. The van der Waals surface area contributed by atoms with Gasteiger partial charge in [-0.15, -0.1) is 0 Å². The molecule has 1 amide bonds. The van der Waals surface area contributed by atoms with Gasteiger partial charge < -0.3 is 9.72 Å². The summed E-state index contributed by atoms with van der Waals surface area (Å²) in [4.78, 5) is 15.9. The number of nitrogens with one attached hydrogen (secondary N) is 2. The lowest BCUT2D eigenvalue weighted by atomic mass is 10.3. The number of amides is 1. The minimum Gasteiger partial charge on any atom is -0.349 e. The Morgan fingerprint density at radius 1 is 1.45 bits per heavy atom. The smallest absolute Gasteiger partial charge is 0.235 e. The van der Waals surface area contributed by atoms with Crippen molar-refractivity contribution in [3.8, 4) is 0 Å². The van der Waals surface area contributed by atoms with E-state index < -0.39 is 15.9 Å². The first-order chi connectivity index (χ1) is 9.35. The van der Waals surface area contributed by atoms with Crippen LogP contribution in [0.2, 0.25) is 0 Å². The number of sulfonamides is 1. The number of aromatic nitrogens is 2. The molecule has 20 heavy (non-hydrogen) atoms. The number of rotatable bonds is 5. The maximum Gasteiger partial charge on any atom is 0.235 e. The lowest BCUT2D eigenvalue weighted by Crippen LogP contribution is -2.36. The van der Waals surface area contributed by atoms with E-state index in [9.17, 15) is 13.2 Å². The van der Waals surface area contributed by atoms with Crippen LogP contribution in [0.4, 0.5) is 0 Å². The molecule has 0 radical (unpaired) electrons. The molecule has 0 aromatic carbocycles. The third-order valence-corrected chi connectivity index (χ3v) is 3.36. The molecule has 0 spiro atoms. The molecular weight excluding hydrogens is 280 g/mol. The van der Waals surface area contributed by atoms with E-state index in [1.165, 1.54) is 0 Å². The first-order valence-corrected chi connectivity index (χ1v) is 7.89. The van der Waals surface area contributed by atoms with Crippen molar-refractivity contribution in [3.63, 3.8) is 0 Å². The summed E-state index contributed by atoms with van der Waals surface area (Å²) in [6, 6.07) is 3.88. The Balaban J connectivity index is 1.96. The fourth-order valence-electron chi connectivity index (χ4n) is 1.74. The van der Waals surface area contributed by atoms with Crippen molar-refractivity contribution in [2.75, 3.05) is 12.8 Å². The molecule has 0 fully saturated rings. The van der Waals surface area contributed by atoms with Crippen LogP contribution in [0.1, 0.15) is 11.3 Å². The lowest BCUT2D eigenvalue weighted by molar-refractivity contribution is -0.120. The maximum absolute atomic E-state index is 11.5. The van der Waals surface area contributed by atoms with E-state index in [1.54, 1.807) is 0 Å². The Kier molecular flexibility index (Phi) is 4.05. The Bertz CT molecular complexity index is 736. The van der Waals surface area contributed by atoms with Crippen LogP contribution in [0.5, 0.6) is 0 Å². The van der Waals surface area contributed by atoms with Crippen LogP contribution < -0.4 is 10.0 Å². The highest BCUT2D eigenvalue weighted by molar-refractivity contribution is 7.88. The second-order valence-electron chi connectivity index (χ2n) is 4.52. The van der Waals surface area contributed by atoms with Gasteiger partial charge in [-0.2, -0.15) is 0 Å². The summed E-state index contributed by atoms with van der Waals surface area (Å²) in [5.74, 6) is -0.399. The van der Waals surface area contributed by atoms with Crippen molar-refractivity contribution >= 4 is 21.6 Å². The molecule has 2 N–H and O–H groups in total. The zero-order chi connectivity index (χ0) is 14.8. The first kappa shape index (κ1) is 14.5. The molecule has 7 nitrogen and oxygen atoms in total. The Labute approximate surface area is 117 Å². The number of fused-ring (bicyclic) bond motifs is 1. The fraction of sp³-hybridized carbons (Fsp3) is 0.333. The second-order valence-corrected chi connectivity index (χ2v) is 6.36. The van der Waals surface area contributed by atoms with Crippen LogP contribution in [0.15, 0.2) is 24.5 Å². The molecule has 108 valence electrons. The van der Waals surface area contributed by atoms with Crippen LogP contribution in [0.3, 0.4) is 0 Å². The largest absolute Gasteiger partial charge is 0.349 e. The van der Waals surface area contributed by atoms with Crippen LogP contribution in [0.25, 0.3) is 5.65 Å². The zero-order valence-corrected chi connectivity index (χ0v) is 12.1. The number of hydrogen-bond donors (Lipinski definition) is 2. The molecule has 0 saturated carbocycles. The normalized spacial score (nSPS) is 11.7. The highest BCUT2D eigenvalue weighted by atomic mass is 32.2. The van der Waals surface area contributed by atoms with Gasteiger partial charge in [-0.3, -0.25) is 4.79 Å². The van der Waals surface area contributed by atoms with E-state index in [0.717, 1.165) is 17.5 Å². The van der Waals surface area contributed by atoms with E-state index in [0.29, 0.717) is 5.69 Å². The minimum atomic E-state index is -3.36. The number of pyridine rings is 1. The van der Waals surface area contributed by atoms with Crippen molar-refractivity contribution in [2.24, 2.45) is 0 Å². The van der Waals surface area contributed by atoms with Crippen molar-refractivity contribution in [1.29, 1.82) is 0 Å². The SMILES string of the molecule is Cc1cccn2cc(CNC(=O)CNS(C)(=O)=O)nc12. The van der Waals surface area contributed by atoms with E-state index >= 15 is 0 Å². The highest BCUT2D eigenvalue weighted by Gasteiger charge is 2.08. The third kappa shape index (κ3) is 3.78. The Morgan fingerprint density at radius 2 is 2.20 bits per heavy atom. The second kappa shape index (κ2) is 5.59. The number of carbonyl (C=O) groups is 1. The van der Waals surface area contributed by atoms with Crippen molar-refractivity contribution in [1.82, 2.24) is 19.4 Å². The topological polar surface area (TPSA) is 92.6 Å². The minimum absolute atomic E-state index is 0.255. The quantitative estimate of drug-likeness (QED) is 0.800. The lowest BCUT2D eigenvalue weighted by Gasteiger charge is -2.03. The molecule has 0 bridgehead atoms. The summed E-state index contributed by atoms with van der Waals surface area (Å²) in [5.41, 5.74) is 2.60. The predicted octanol–water partition coefficient (Wildman–Crippen LogP) is -0.192. The standard InChI is InChI=1S/C12H16N4O3S/c1-9-4-3-5-16-8-10(15-12(9)16)6-13-11(17)7-14-20(2,18)19/h3-5,8,14H,6-7H2,1-2H3,(H,13,17).